The van der Waals surface area contributed by atoms with Crippen LogP contribution in [0.15, 0.2) is 77.7 Å². The number of carbonyl (C=O) groups is 1. The molecule has 0 bridgehead atoms. The van der Waals surface area contributed by atoms with Crippen LogP contribution in [0.5, 0.6) is 5.75 Å². The van der Waals surface area contributed by atoms with E-state index in [1.165, 1.54) is 24.8 Å². The van der Waals surface area contributed by atoms with E-state index in [1.807, 2.05) is 38.1 Å². The number of sulfonamides is 1. The number of hydrogen-bond donors (Lipinski definition) is 1. The van der Waals surface area contributed by atoms with Crippen LogP contribution in [0.25, 0.3) is 0 Å². The van der Waals surface area contributed by atoms with Crippen LogP contribution in [-0.4, -0.2) is 28.0 Å². The average Bonchev–Trinajstić information content (AvgIpc) is 2.82. The molecule has 0 aromatic heterocycles. The van der Waals surface area contributed by atoms with Crippen LogP contribution in [-0.2, 0) is 20.2 Å². The summed E-state index contributed by atoms with van der Waals surface area (Å²) >= 11 is 0. The number of aryl methyl sites for hydroxylation is 1. The van der Waals surface area contributed by atoms with E-state index >= 15 is 0 Å². The Morgan fingerprint density at radius 2 is 1.51 bits per heavy atom. The van der Waals surface area contributed by atoms with E-state index in [9.17, 15) is 13.2 Å². The van der Waals surface area contributed by atoms with Crippen LogP contribution in [0.4, 0.5) is 5.69 Å². The van der Waals surface area contributed by atoms with E-state index < -0.39 is 15.9 Å². The second-order valence-corrected chi connectivity index (χ2v) is 11.5. The standard InChI is InChI=1S/C28H34N2O4S/c1-20-7-13-24(14-8-20)30(35(32,33)26-17-15-25(34-6)16-18-26)19-27(31)29-21(2)22-9-11-23(12-10-22)28(3,4)5/h7-18,21H,19H2,1-6H3,(H,29,31)/t21-/m0/s1. The molecule has 0 saturated carbocycles. The lowest BCUT2D eigenvalue weighted by Crippen LogP contribution is -2.41. The molecule has 186 valence electrons. The van der Waals surface area contributed by atoms with Crippen molar-refractivity contribution >= 4 is 21.6 Å². The Morgan fingerprint density at radius 3 is 2.03 bits per heavy atom. The number of rotatable bonds is 8. The molecule has 0 fully saturated rings. The Balaban J connectivity index is 1.84. The molecule has 3 aromatic carbocycles. The molecule has 7 heteroatoms. The highest BCUT2D eigenvalue weighted by molar-refractivity contribution is 7.92. The summed E-state index contributed by atoms with van der Waals surface area (Å²) in [6, 6.07) is 21.0. The van der Waals surface area contributed by atoms with Gasteiger partial charge in [0.15, 0.2) is 0 Å². The fraction of sp³-hybridized carbons (Fsp3) is 0.321. The Labute approximate surface area is 209 Å². The van der Waals surface area contributed by atoms with Crippen LogP contribution >= 0.6 is 0 Å². The van der Waals surface area contributed by atoms with Gasteiger partial charge in [0.05, 0.1) is 23.7 Å². The third-order valence-electron chi connectivity index (χ3n) is 5.91. The van der Waals surface area contributed by atoms with Crippen molar-refractivity contribution in [1.82, 2.24) is 5.32 Å². The number of ether oxygens (including phenoxy) is 1. The molecule has 35 heavy (non-hydrogen) atoms. The van der Waals surface area contributed by atoms with Gasteiger partial charge >= 0.3 is 0 Å². The minimum absolute atomic E-state index is 0.0371. The summed E-state index contributed by atoms with van der Waals surface area (Å²) in [4.78, 5) is 13.1. The minimum Gasteiger partial charge on any atom is -0.497 e. The molecular weight excluding hydrogens is 460 g/mol. The lowest BCUT2D eigenvalue weighted by Gasteiger charge is -2.25. The first-order chi connectivity index (χ1) is 16.4. The van der Waals surface area contributed by atoms with Gasteiger partial charge in [-0.3, -0.25) is 9.10 Å². The van der Waals surface area contributed by atoms with Crippen molar-refractivity contribution < 1.29 is 17.9 Å². The smallest absolute Gasteiger partial charge is 0.264 e. The second kappa shape index (κ2) is 10.5. The average molecular weight is 495 g/mol. The quantitative estimate of drug-likeness (QED) is 0.457. The second-order valence-electron chi connectivity index (χ2n) is 9.68. The maximum atomic E-state index is 13.5. The number of anilines is 1. The normalized spacial score (nSPS) is 12.6. The molecule has 1 atom stereocenters. The molecule has 0 aliphatic rings. The van der Waals surface area contributed by atoms with Crippen LogP contribution in [0.3, 0.4) is 0 Å². The molecule has 0 saturated heterocycles. The van der Waals surface area contributed by atoms with E-state index in [4.69, 9.17) is 4.74 Å². The van der Waals surface area contributed by atoms with Gasteiger partial charge in [0, 0.05) is 0 Å². The molecule has 1 amide bonds. The molecular formula is C28H34N2O4S. The molecule has 3 rings (SSSR count). The topological polar surface area (TPSA) is 75.7 Å². The van der Waals surface area contributed by atoms with Crippen molar-refractivity contribution in [3.05, 3.63) is 89.5 Å². The molecule has 0 heterocycles. The van der Waals surface area contributed by atoms with Crippen molar-refractivity contribution in [3.63, 3.8) is 0 Å². The Kier molecular flexibility index (Phi) is 7.90. The van der Waals surface area contributed by atoms with Gasteiger partial charge in [-0.05, 0) is 66.8 Å². The highest BCUT2D eigenvalue weighted by atomic mass is 32.2. The zero-order valence-electron chi connectivity index (χ0n) is 21.2. The first-order valence-electron chi connectivity index (χ1n) is 11.5. The fourth-order valence-electron chi connectivity index (χ4n) is 3.67. The van der Waals surface area contributed by atoms with E-state index in [1.54, 1.807) is 24.3 Å². The summed E-state index contributed by atoms with van der Waals surface area (Å²) in [5, 5.41) is 2.94. The summed E-state index contributed by atoms with van der Waals surface area (Å²) in [6.07, 6.45) is 0. The molecule has 6 nitrogen and oxygen atoms in total. The number of nitrogens with one attached hydrogen (secondary N) is 1. The van der Waals surface area contributed by atoms with Gasteiger partial charge in [-0.1, -0.05) is 62.7 Å². The van der Waals surface area contributed by atoms with E-state index in [2.05, 4.69) is 38.2 Å². The highest BCUT2D eigenvalue weighted by Crippen LogP contribution is 2.26. The summed E-state index contributed by atoms with van der Waals surface area (Å²) in [7, 11) is -2.47. The van der Waals surface area contributed by atoms with Gasteiger partial charge in [-0.25, -0.2) is 8.42 Å². The first-order valence-corrected chi connectivity index (χ1v) is 13.0. The third-order valence-corrected chi connectivity index (χ3v) is 7.70. The summed E-state index contributed by atoms with van der Waals surface area (Å²) < 4.78 is 33.4. The van der Waals surface area contributed by atoms with Gasteiger partial charge < -0.3 is 10.1 Å². The maximum Gasteiger partial charge on any atom is 0.264 e. The number of methoxy groups -OCH3 is 1. The lowest BCUT2D eigenvalue weighted by molar-refractivity contribution is -0.120. The van der Waals surface area contributed by atoms with Crippen molar-refractivity contribution in [2.45, 2.75) is 51.0 Å². The van der Waals surface area contributed by atoms with Gasteiger partial charge in [0.25, 0.3) is 10.0 Å². The molecule has 0 unspecified atom stereocenters. The summed E-state index contributed by atoms with van der Waals surface area (Å²) in [5.41, 5.74) is 3.60. The van der Waals surface area contributed by atoms with Crippen LogP contribution in [0.2, 0.25) is 0 Å². The number of amides is 1. The largest absolute Gasteiger partial charge is 0.497 e. The fourth-order valence-corrected chi connectivity index (χ4v) is 5.09. The van der Waals surface area contributed by atoms with Gasteiger partial charge in [-0.15, -0.1) is 0 Å². The van der Waals surface area contributed by atoms with Crippen molar-refractivity contribution in [1.29, 1.82) is 0 Å². The number of nitrogens with zero attached hydrogens (tertiary/aromatic N) is 1. The zero-order chi connectivity index (χ0) is 25.8. The van der Waals surface area contributed by atoms with Gasteiger partial charge in [0.2, 0.25) is 5.91 Å². The van der Waals surface area contributed by atoms with Gasteiger partial charge in [-0.2, -0.15) is 0 Å². The van der Waals surface area contributed by atoms with Crippen LogP contribution < -0.4 is 14.4 Å². The Hall–Kier alpha value is -3.32. The van der Waals surface area contributed by atoms with Gasteiger partial charge in [0.1, 0.15) is 12.3 Å². The van der Waals surface area contributed by atoms with Crippen molar-refractivity contribution in [2.24, 2.45) is 0 Å². The minimum atomic E-state index is -3.99. The van der Waals surface area contributed by atoms with Crippen molar-refractivity contribution in [2.75, 3.05) is 18.0 Å². The maximum absolute atomic E-state index is 13.5. The molecule has 0 radical (unpaired) electrons. The number of carbonyl (C=O) groups excluding carboxylic acids is 1. The summed E-state index contributed by atoms with van der Waals surface area (Å²) in [6.45, 7) is 9.91. The predicted octanol–water partition coefficient (Wildman–Crippen LogP) is 5.37. The number of benzene rings is 3. The van der Waals surface area contributed by atoms with Crippen LogP contribution in [0, 0.1) is 6.92 Å². The Morgan fingerprint density at radius 1 is 0.943 bits per heavy atom. The Bertz CT molecular complexity index is 1240. The SMILES string of the molecule is COc1ccc(S(=O)(=O)N(CC(=O)N[C@@H](C)c2ccc(C(C)(C)C)cc2)c2ccc(C)cc2)cc1. The number of hydrogen-bond acceptors (Lipinski definition) is 4. The predicted molar refractivity (Wildman–Crippen MR) is 140 cm³/mol. The van der Waals surface area contributed by atoms with Crippen LogP contribution in [0.1, 0.15) is 50.4 Å². The first kappa shape index (κ1) is 26.3. The molecule has 0 aliphatic carbocycles. The monoisotopic (exact) mass is 494 g/mol. The summed E-state index contributed by atoms with van der Waals surface area (Å²) in [5.74, 6) is 0.157. The lowest BCUT2D eigenvalue weighted by atomic mass is 9.86. The third kappa shape index (κ3) is 6.42. The van der Waals surface area contributed by atoms with Crippen molar-refractivity contribution in [3.8, 4) is 5.75 Å². The zero-order valence-corrected chi connectivity index (χ0v) is 22.0. The molecule has 0 spiro atoms. The van der Waals surface area contributed by atoms with E-state index in [-0.39, 0.29) is 22.9 Å². The molecule has 0 aliphatic heterocycles. The van der Waals surface area contributed by atoms with E-state index in [0.29, 0.717) is 11.4 Å². The van der Waals surface area contributed by atoms with E-state index in [0.717, 1.165) is 15.4 Å². The molecule has 1 N–H and O–H groups in total. The molecule has 3 aromatic rings. The highest BCUT2D eigenvalue weighted by Gasteiger charge is 2.28.